The summed E-state index contributed by atoms with van der Waals surface area (Å²) in [6.45, 7) is 4.34. The zero-order valence-corrected chi connectivity index (χ0v) is 13.4. The number of hydrogen-bond donors (Lipinski definition) is 1. The lowest BCUT2D eigenvalue weighted by Gasteiger charge is -2.16. The number of aromatic nitrogens is 1. The van der Waals surface area contributed by atoms with Gasteiger partial charge in [-0.2, -0.15) is 5.26 Å². The highest BCUT2D eigenvalue weighted by atomic mass is 32.1. The summed E-state index contributed by atoms with van der Waals surface area (Å²) in [6, 6.07) is 10.1. The number of hydrogen-bond acceptors (Lipinski definition) is 5. The molecule has 2 aromatic heterocycles. The first kappa shape index (κ1) is 15.0. The first-order valence-electron chi connectivity index (χ1n) is 7.69. The summed E-state index contributed by atoms with van der Waals surface area (Å²) in [5.74, 6) is 1.35. The van der Waals surface area contributed by atoms with E-state index in [0.717, 1.165) is 26.1 Å². The predicted molar refractivity (Wildman–Crippen MR) is 90.0 cm³/mol. The summed E-state index contributed by atoms with van der Waals surface area (Å²) >= 11 is 1.84. The van der Waals surface area contributed by atoms with E-state index in [1.807, 2.05) is 11.3 Å². The van der Waals surface area contributed by atoms with Crippen molar-refractivity contribution >= 4 is 17.2 Å². The van der Waals surface area contributed by atoms with E-state index in [4.69, 9.17) is 5.26 Å². The predicted octanol–water partition coefficient (Wildman–Crippen LogP) is 2.99. The van der Waals surface area contributed by atoms with Crippen LogP contribution in [0.5, 0.6) is 0 Å². The fraction of sp³-hybridized carbons (Fsp3) is 0.412. The van der Waals surface area contributed by atoms with Gasteiger partial charge in [0.1, 0.15) is 11.9 Å². The van der Waals surface area contributed by atoms with Gasteiger partial charge >= 0.3 is 0 Å². The lowest BCUT2D eigenvalue weighted by atomic mass is 10.1. The molecule has 1 aliphatic heterocycles. The maximum atomic E-state index is 9.08. The van der Waals surface area contributed by atoms with Crippen molar-refractivity contribution in [1.29, 1.82) is 5.26 Å². The summed E-state index contributed by atoms with van der Waals surface area (Å²) in [5, 5.41) is 14.6. The van der Waals surface area contributed by atoms with Crippen LogP contribution < -0.4 is 5.32 Å². The quantitative estimate of drug-likeness (QED) is 0.891. The fourth-order valence-corrected chi connectivity index (χ4v) is 3.58. The number of nitrogens with zero attached hydrogens (tertiary/aromatic N) is 3. The van der Waals surface area contributed by atoms with Gasteiger partial charge in [-0.25, -0.2) is 4.98 Å². The smallest absolute Gasteiger partial charge is 0.143 e. The van der Waals surface area contributed by atoms with E-state index in [0.29, 0.717) is 17.3 Å². The molecule has 3 heterocycles. The van der Waals surface area contributed by atoms with Gasteiger partial charge in [0.05, 0.1) is 5.56 Å². The van der Waals surface area contributed by atoms with Crippen LogP contribution in [0.15, 0.2) is 35.8 Å². The molecule has 22 heavy (non-hydrogen) atoms. The molecule has 2 aromatic rings. The van der Waals surface area contributed by atoms with Crippen LogP contribution in [0.1, 0.15) is 16.9 Å². The van der Waals surface area contributed by atoms with E-state index in [1.165, 1.54) is 17.8 Å². The minimum Gasteiger partial charge on any atom is -0.369 e. The average Bonchev–Trinajstić information content (AvgIpc) is 3.22. The van der Waals surface area contributed by atoms with Crippen LogP contribution in [0.25, 0.3) is 0 Å². The SMILES string of the molecule is N#Cc1cccnc1NC[C@H]1CCN(CCc2cccs2)C1. The van der Waals surface area contributed by atoms with E-state index in [-0.39, 0.29) is 0 Å². The van der Waals surface area contributed by atoms with Crippen molar-refractivity contribution in [2.24, 2.45) is 5.92 Å². The Morgan fingerprint density at radius 1 is 1.41 bits per heavy atom. The number of nitriles is 1. The Labute approximate surface area is 135 Å². The third-order valence-corrected chi connectivity index (χ3v) is 5.05. The Balaban J connectivity index is 1.44. The topological polar surface area (TPSA) is 52.0 Å². The number of anilines is 1. The summed E-state index contributed by atoms with van der Waals surface area (Å²) < 4.78 is 0. The maximum Gasteiger partial charge on any atom is 0.143 e. The van der Waals surface area contributed by atoms with E-state index in [9.17, 15) is 0 Å². The van der Waals surface area contributed by atoms with Crippen LogP contribution >= 0.6 is 11.3 Å². The molecule has 1 aliphatic rings. The van der Waals surface area contributed by atoms with Crippen molar-refractivity contribution in [1.82, 2.24) is 9.88 Å². The average molecular weight is 312 g/mol. The fourth-order valence-electron chi connectivity index (χ4n) is 2.88. The third kappa shape index (κ3) is 3.85. The maximum absolute atomic E-state index is 9.08. The lowest BCUT2D eigenvalue weighted by molar-refractivity contribution is 0.331. The minimum absolute atomic E-state index is 0.620. The van der Waals surface area contributed by atoms with Gasteiger partial charge in [0, 0.05) is 30.7 Å². The molecule has 1 atom stereocenters. The van der Waals surface area contributed by atoms with Crippen LogP contribution in [0.4, 0.5) is 5.82 Å². The van der Waals surface area contributed by atoms with Crippen molar-refractivity contribution in [3.05, 3.63) is 46.3 Å². The highest BCUT2D eigenvalue weighted by Gasteiger charge is 2.22. The Kier molecular flexibility index (Phi) is 5.04. The van der Waals surface area contributed by atoms with Gasteiger partial charge in [0.25, 0.3) is 0 Å². The third-order valence-electron chi connectivity index (χ3n) is 4.11. The van der Waals surface area contributed by atoms with Gasteiger partial charge in [-0.1, -0.05) is 6.07 Å². The molecular formula is C17H20N4S. The van der Waals surface area contributed by atoms with E-state index < -0.39 is 0 Å². The normalized spacial score (nSPS) is 18.2. The Bertz CT molecular complexity index is 632. The molecule has 4 nitrogen and oxygen atoms in total. The second-order valence-electron chi connectivity index (χ2n) is 5.68. The first-order valence-corrected chi connectivity index (χ1v) is 8.57. The molecule has 114 valence electrons. The zero-order chi connectivity index (χ0) is 15.2. The molecule has 0 unspecified atom stereocenters. The first-order chi connectivity index (χ1) is 10.8. The molecule has 1 N–H and O–H groups in total. The van der Waals surface area contributed by atoms with Crippen LogP contribution in [-0.4, -0.2) is 36.1 Å². The molecule has 1 saturated heterocycles. The largest absolute Gasteiger partial charge is 0.369 e. The molecule has 0 bridgehead atoms. The van der Waals surface area contributed by atoms with Crippen LogP contribution in [-0.2, 0) is 6.42 Å². The van der Waals surface area contributed by atoms with Crippen molar-refractivity contribution in [3.8, 4) is 6.07 Å². The highest BCUT2D eigenvalue weighted by molar-refractivity contribution is 7.09. The molecule has 0 aromatic carbocycles. The number of likely N-dealkylation sites (tertiary alicyclic amines) is 1. The standard InChI is InChI=1S/C17H20N4S/c18-11-15-3-1-7-19-17(15)20-12-14-5-8-21(13-14)9-6-16-4-2-10-22-16/h1-4,7,10,14H,5-6,8-9,12-13H2,(H,19,20)/t14-/m1/s1. The second kappa shape index (κ2) is 7.39. The van der Waals surface area contributed by atoms with Gasteiger partial charge in [-0.05, 0) is 48.9 Å². The molecule has 0 spiro atoms. The second-order valence-corrected chi connectivity index (χ2v) is 6.71. The molecular weight excluding hydrogens is 292 g/mol. The van der Waals surface area contributed by atoms with Crippen molar-refractivity contribution in [2.75, 3.05) is 31.5 Å². The minimum atomic E-state index is 0.620. The summed E-state index contributed by atoms with van der Waals surface area (Å²) in [6.07, 6.45) is 4.09. The van der Waals surface area contributed by atoms with E-state index in [1.54, 1.807) is 18.3 Å². The monoisotopic (exact) mass is 312 g/mol. The lowest BCUT2D eigenvalue weighted by Crippen LogP contribution is -2.25. The van der Waals surface area contributed by atoms with Crippen LogP contribution in [0.3, 0.4) is 0 Å². The Morgan fingerprint density at radius 3 is 3.18 bits per heavy atom. The number of pyridine rings is 1. The van der Waals surface area contributed by atoms with Crippen LogP contribution in [0, 0.1) is 17.2 Å². The molecule has 5 heteroatoms. The molecule has 0 saturated carbocycles. The van der Waals surface area contributed by atoms with Crippen molar-refractivity contribution in [2.45, 2.75) is 12.8 Å². The molecule has 0 aliphatic carbocycles. The van der Waals surface area contributed by atoms with Gasteiger partial charge in [0.2, 0.25) is 0 Å². The van der Waals surface area contributed by atoms with E-state index in [2.05, 4.69) is 38.8 Å². The number of nitrogens with one attached hydrogen (secondary N) is 1. The highest BCUT2D eigenvalue weighted by Crippen LogP contribution is 2.19. The molecule has 1 fully saturated rings. The molecule has 0 radical (unpaired) electrons. The molecule has 0 amide bonds. The number of rotatable bonds is 6. The van der Waals surface area contributed by atoms with Crippen molar-refractivity contribution in [3.63, 3.8) is 0 Å². The van der Waals surface area contributed by atoms with E-state index >= 15 is 0 Å². The Hall–Kier alpha value is -1.90. The molecule has 3 rings (SSSR count). The summed E-state index contributed by atoms with van der Waals surface area (Å²) in [7, 11) is 0. The summed E-state index contributed by atoms with van der Waals surface area (Å²) in [4.78, 5) is 8.26. The zero-order valence-electron chi connectivity index (χ0n) is 12.5. The van der Waals surface area contributed by atoms with Gasteiger partial charge < -0.3 is 10.2 Å². The van der Waals surface area contributed by atoms with Crippen molar-refractivity contribution < 1.29 is 0 Å². The van der Waals surface area contributed by atoms with Gasteiger partial charge in [0.15, 0.2) is 0 Å². The van der Waals surface area contributed by atoms with Gasteiger partial charge in [-0.3, -0.25) is 0 Å². The summed E-state index contributed by atoms with van der Waals surface area (Å²) in [5.41, 5.74) is 0.620. The van der Waals surface area contributed by atoms with Crippen LogP contribution in [0.2, 0.25) is 0 Å². The van der Waals surface area contributed by atoms with Gasteiger partial charge in [-0.15, -0.1) is 11.3 Å². The number of thiophene rings is 1. The Morgan fingerprint density at radius 2 is 2.36 bits per heavy atom.